The molecule has 0 fully saturated rings. The van der Waals surface area contributed by atoms with E-state index in [9.17, 15) is 0 Å². The molecule has 1 aromatic heterocycles. The molecule has 4 nitrogen and oxygen atoms in total. The van der Waals surface area contributed by atoms with E-state index in [4.69, 9.17) is 5.26 Å². The second-order valence-electron chi connectivity index (χ2n) is 3.38. The minimum absolute atomic E-state index is 0.492. The summed E-state index contributed by atoms with van der Waals surface area (Å²) < 4.78 is 0. The highest BCUT2D eigenvalue weighted by molar-refractivity contribution is 5.32. The Morgan fingerprint density at radius 3 is 2.77 bits per heavy atom. The molecule has 0 aliphatic carbocycles. The molecule has 4 heteroatoms. The van der Waals surface area contributed by atoms with E-state index in [0.717, 1.165) is 5.69 Å². The summed E-state index contributed by atoms with van der Waals surface area (Å²) in [5.41, 5.74) is 0.250. The van der Waals surface area contributed by atoms with Gasteiger partial charge in [0.1, 0.15) is 5.54 Å². The number of nitriles is 1. The van der Waals surface area contributed by atoms with Gasteiger partial charge in [0.05, 0.1) is 6.07 Å². The molecule has 0 aromatic carbocycles. The van der Waals surface area contributed by atoms with Crippen LogP contribution in [0.25, 0.3) is 0 Å². The molecule has 0 aliphatic rings. The van der Waals surface area contributed by atoms with E-state index in [1.165, 1.54) is 0 Å². The quantitative estimate of drug-likeness (QED) is 0.741. The zero-order chi connectivity index (χ0) is 9.90. The molecule has 0 bridgehead atoms. The third-order valence-corrected chi connectivity index (χ3v) is 1.50. The van der Waals surface area contributed by atoms with Gasteiger partial charge in [-0.3, -0.25) is 0 Å². The molecule has 13 heavy (non-hydrogen) atoms. The number of nitrogens with zero attached hydrogens (tertiary/aromatic N) is 3. The van der Waals surface area contributed by atoms with Gasteiger partial charge < -0.3 is 5.32 Å². The van der Waals surface area contributed by atoms with Crippen molar-refractivity contribution in [2.45, 2.75) is 26.3 Å². The van der Waals surface area contributed by atoms with Gasteiger partial charge in [0.2, 0.25) is 5.95 Å². The zero-order valence-electron chi connectivity index (χ0n) is 8.00. The number of hydrogen-bond donors (Lipinski definition) is 1. The molecule has 0 saturated carbocycles. The van der Waals surface area contributed by atoms with Crippen molar-refractivity contribution in [3.8, 4) is 6.07 Å². The van der Waals surface area contributed by atoms with Gasteiger partial charge in [-0.25, -0.2) is 9.97 Å². The molecule has 0 saturated heterocycles. The van der Waals surface area contributed by atoms with Crippen LogP contribution in [0.1, 0.15) is 19.5 Å². The second-order valence-corrected chi connectivity index (χ2v) is 3.38. The van der Waals surface area contributed by atoms with Crippen LogP contribution in [0.15, 0.2) is 12.3 Å². The zero-order valence-corrected chi connectivity index (χ0v) is 8.00. The van der Waals surface area contributed by atoms with Crippen LogP contribution < -0.4 is 5.32 Å². The fraction of sp³-hybridized carbons (Fsp3) is 0.444. The summed E-state index contributed by atoms with van der Waals surface area (Å²) >= 11 is 0. The highest BCUT2D eigenvalue weighted by Gasteiger charge is 2.16. The molecule has 1 N–H and O–H groups in total. The molecule has 1 heterocycles. The van der Waals surface area contributed by atoms with E-state index >= 15 is 0 Å². The molecule has 1 rings (SSSR count). The number of anilines is 1. The maximum Gasteiger partial charge on any atom is 0.224 e. The Bertz CT molecular complexity index is 338. The number of aryl methyl sites for hydroxylation is 1. The molecule has 0 amide bonds. The van der Waals surface area contributed by atoms with Crippen LogP contribution in [0.4, 0.5) is 5.95 Å². The fourth-order valence-corrected chi connectivity index (χ4v) is 0.817. The summed E-state index contributed by atoms with van der Waals surface area (Å²) in [6, 6.07) is 3.93. The topological polar surface area (TPSA) is 61.6 Å². The summed E-state index contributed by atoms with van der Waals surface area (Å²) in [6.45, 7) is 5.43. The largest absolute Gasteiger partial charge is 0.336 e. The molecule has 0 radical (unpaired) electrons. The van der Waals surface area contributed by atoms with Crippen molar-refractivity contribution in [2.24, 2.45) is 0 Å². The lowest BCUT2D eigenvalue weighted by molar-refractivity contribution is 0.716. The van der Waals surface area contributed by atoms with Crippen molar-refractivity contribution in [1.82, 2.24) is 9.97 Å². The number of aromatic nitrogens is 2. The van der Waals surface area contributed by atoms with E-state index in [1.807, 2.05) is 13.0 Å². The van der Waals surface area contributed by atoms with Gasteiger partial charge in [-0.1, -0.05) is 0 Å². The Morgan fingerprint density at radius 2 is 2.23 bits per heavy atom. The summed E-state index contributed by atoms with van der Waals surface area (Å²) in [7, 11) is 0. The minimum atomic E-state index is -0.631. The monoisotopic (exact) mass is 176 g/mol. The first-order valence-corrected chi connectivity index (χ1v) is 4.02. The normalized spacial score (nSPS) is 10.6. The fourth-order valence-electron chi connectivity index (χ4n) is 0.817. The van der Waals surface area contributed by atoms with Crippen LogP contribution in [0.5, 0.6) is 0 Å². The predicted octanol–water partition coefficient (Wildman–Crippen LogP) is 1.50. The number of hydrogen-bond acceptors (Lipinski definition) is 4. The smallest absolute Gasteiger partial charge is 0.224 e. The molecule has 0 aliphatic heterocycles. The second kappa shape index (κ2) is 3.40. The van der Waals surface area contributed by atoms with E-state index < -0.39 is 5.54 Å². The summed E-state index contributed by atoms with van der Waals surface area (Å²) in [6.07, 6.45) is 1.66. The van der Waals surface area contributed by atoms with Gasteiger partial charge in [0.25, 0.3) is 0 Å². The first-order chi connectivity index (χ1) is 6.03. The first-order valence-electron chi connectivity index (χ1n) is 4.02. The van der Waals surface area contributed by atoms with Crippen molar-refractivity contribution in [3.63, 3.8) is 0 Å². The molecule has 0 atom stereocenters. The van der Waals surface area contributed by atoms with E-state index in [0.29, 0.717) is 5.95 Å². The van der Waals surface area contributed by atoms with Crippen molar-refractivity contribution < 1.29 is 0 Å². The third-order valence-electron chi connectivity index (χ3n) is 1.50. The van der Waals surface area contributed by atoms with Gasteiger partial charge in [-0.15, -0.1) is 0 Å². The van der Waals surface area contributed by atoms with Crippen LogP contribution in [0.3, 0.4) is 0 Å². The maximum atomic E-state index is 8.76. The van der Waals surface area contributed by atoms with Gasteiger partial charge in [-0.2, -0.15) is 5.26 Å². The average molecular weight is 176 g/mol. The first kappa shape index (κ1) is 9.46. The Morgan fingerprint density at radius 1 is 1.54 bits per heavy atom. The number of nitrogens with one attached hydrogen (secondary N) is 1. The van der Waals surface area contributed by atoms with Crippen molar-refractivity contribution in [3.05, 3.63) is 18.0 Å². The van der Waals surface area contributed by atoms with Crippen molar-refractivity contribution in [2.75, 3.05) is 5.32 Å². The van der Waals surface area contributed by atoms with Crippen LogP contribution >= 0.6 is 0 Å². The number of rotatable bonds is 2. The highest BCUT2D eigenvalue weighted by Crippen LogP contribution is 2.08. The van der Waals surface area contributed by atoms with Crippen LogP contribution in [-0.4, -0.2) is 15.5 Å². The standard InChI is InChI=1S/C9H12N4/c1-7-4-5-11-8(12-7)13-9(2,3)6-10/h4-5H,1-3H3,(H,11,12,13). The SMILES string of the molecule is Cc1ccnc(NC(C)(C)C#N)n1. The van der Waals surface area contributed by atoms with Gasteiger partial charge in [0.15, 0.2) is 0 Å². The molecular formula is C9H12N4. The molecular weight excluding hydrogens is 164 g/mol. The predicted molar refractivity (Wildman–Crippen MR) is 50.1 cm³/mol. The van der Waals surface area contributed by atoms with E-state index in [2.05, 4.69) is 21.4 Å². The Hall–Kier alpha value is -1.63. The molecule has 68 valence electrons. The lowest BCUT2D eigenvalue weighted by Crippen LogP contribution is -2.29. The van der Waals surface area contributed by atoms with Crippen LogP contribution in [-0.2, 0) is 0 Å². The van der Waals surface area contributed by atoms with Crippen LogP contribution in [0.2, 0.25) is 0 Å². The van der Waals surface area contributed by atoms with E-state index in [-0.39, 0.29) is 0 Å². The van der Waals surface area contributed by atoms with Crippen LogP contribution in [0, 0.1) is 18.3 Å². The van der Waals surface area contributed by atoms with Crippen molar-refractivity contribution in [1.29, 1.82) is 5.26 Å². The van der Waals surface area contributed by atoms with Gasteiger partial charge in [0, 0.05) is 11.9 Å². The molecule has 1 aromatic rings. The Kier molecular flexibility index (Phi) is 2.47. The Balaban J connectivity index is 2.82. The lowest BCUT2D eigenvalue weighted by atomic mass is 10.1. The molecule has 0 spiro atoms. The summed E-state index contributed by atoms with van der Waals surface area (Å²) in [4.78, 5) is 8.13. The average Bonchev–Trinajstić information content (AvgIpc) is 2.03. The van der Waals surface area contributed by atoms with Crippen molar-refractivity contribution >= 4 is 5.95 Å². The highest BCUT2D eigenvalue weighted by atomic mass is 15.1. The van der Waals surface area contributed by atoms with Gasteiger partial charge >= 0.3 is 0 Å². The lowest BCUT2D eigenvalue weighted by Gasteiger charge is -2.16. The summed E-state index contributed by atoms with van der Waals surface area (Å²) in [5.74, 6) is 0.492. The molecule has 0 unspecified atom stereocenters. The van der Waals surface area contributed by atoms with E-state index in [1.54, 1.807) is 20.0 Å². The Labute approximate surface area is 77.6 Å². The third kappa shape index (κ3) is 2.71. The minimum Gasteiger partial charge on any atom is -0.336 e. The maximum absolute atomic E-state index is 8.76. The summed E-state index contributed by atoms with van der Waals surface area (Å²) in [5, 5.41) is 11.7. The van der Waals surface area contributed by atoms with Gasteiger partial charge in [-0.05, 0) is 26.8 Å².